The molecule has 0 unspecified atom stereocenters. The van der Waals surface area contributed by atoms with Crippen LogP contribution in [0, 0.1) is 10.1 Å². The summed E-state index contributed by atoms with van der Waals surface area (Å²) < 4.78 is 0. The van der Waals surface area contributed by atoms with Crippen LogP contribution < -0.4 is 5.56 Å². The van der Waals surface area contributed by atoms with Gasteiger partial charge in [0.25, 0.3) is 11.2 Å². The fourth-order valence-electron chi connectivity index (χ4n) is 2.29. The van der Waals surface area contributed by atoms with E-state index in [1.165, 1.54) is 24.3 Å². The number of nitrogens with zero attached hydrogens (tertiary/aromatic N) is 1. The number of aromatic amines is 1. The first kappa shape index (κ1) is 14.1. The van der Waals surface area contributed by atoms with Gasteiger partial charge in [0.15, 0.2) is 0 Å². The summed E-state index contributed by atoms with van der Waals surface area (Å²) >= 11 is 17.9. The SMILES string of the molecule is O=c1[nH]c2cc(Cl)cc([N+](=O)[O-])c2c2c(Cl)cc(Cl)cc12. The molecule has 3 rings (SSSR count). The molecule has 0 radical (unpaired) electrons. The molecule has 0 spiro atoms. The number of hydrogen-bond acceptors (Lipinski definition) is 3. The lowest BCUT2D eigenvalue weighted by Crippen LogP contribution is -2.07. The van der Waals surface area contributed by atoms with Crippen molar-refractivity contribution in [2.24, 2.45) is 0 Å². The molecule has 106 valence electrons. The van der Waals surface area contributed by atoms with E-state index in [1.54, 1.807) is 0 Å². The molecular formula is C13H5Cl3N2O3. The van der Waals surface area contributed by atoms with E-state index in [1.807, 2.05) is 0 Å². The Morgan fingerprint density at radius 2 is 1.67 bits per heavy atom. The van der Waals surface area contributed by atoms with E-state index in [2.05, 4.69) is 4.98 Å². The van der Waals surface area contributed by atoms with Crippen molar-refractivity contribution < 1.29 is 4.92 Å². The number of nitro benzene ring substituents is 1. The minimum Gasteiger partial charge on any atom is -0.321 e. The second-order valence-electron chi connectivity index (χ2n) is 4.37. The minimum absolute atomic E-state index is 0.147. The summed E-state index contributed by atoms with van der Waals surface area (Å²) in [6, 6.07) is 5.50. The number of rotatable bonds is 1. The monoisotopic (exact) mass is 342 g/mol. The number of nitro groups is 1. The maximum Gasteiger partial charge on any atom is 0.280 e. The third-order valence-electron chi connectivity index (χ3n) is 3.08. The highest BCUT2D eigenvalue weighted by molar-refractivity contribution is 6.41. The summed E-state index contributed by atoms with van der Waals surface area (Å²) in [4.78, 5) is 25.4. The van der Waals surface area contributed by atoms with Gasteiger partial charge < -0.3 is 4.98 Å². The van der Waals surface area contributed by atoms with Gasteiger partial charge in [0.05, 0.1) is 26.2 Å². The second-order valence-corrected chi connectivity index (χ2v) is 5.65. The van der Waals surface area contributed by atoms with E-state index in [-0.39, 0.29) is 42.4 Å². The fraction of sp³-hybridized carbons (Fsp3) is 0. The van der Waals surface area contributed by atoms with E-state index in [4.69, 9.17) is 34.8 Å². The summed E-state index contributed by atoms with van der Waals surface area (Å²) in [6.45, 7) is 0. The molecule has 0 saturated heterocycles. The number of aromatic nitrogens is 1. The molecule has 0 aliphatic rings. The van der Waals surface area contributed by atoms with Crippen LogP contribution in [0.5, 0.6) is 0 Å². The molecule has 1 heterocycles. The van der Waals surface area contributed by atoms with Gasteiger partial charge in [-0.05, 0) is 18.2 Å². The zero-order valence-electron chi connectivity index (χ0n) is 10.1. The lowest BCUT2D eigenvalue weighted by molar-refractivity contribution is -0.383. The van der Waals surface area contributed by atoms with Gasteiger partial charge in [-0.1, -0.05) is 34.8 Å². The maximum absolute atomic E-state index is 12.1. The first-order valence-electron chi connectivity index (χ1n) is 5.67. The van der Waals surface area contributed by atoms with Gasteiger partial charge >= 0.3 is 0 Å². The largest absolute Gasteiger partial charge is 0.321 e. The van der Waals surface area contributed by atoms with Crippen LogP contribution in [-0.2, 0) is 0 Å². The van der Waals surface area contributed by atoms with E-state index >= 15 is 0 Å². The number of pyridine rings is 1. The third-order valence-corrected chi connectivity index (χ3v) is 3.81. The van der Waals surface area contributed by atoms with Gasteiger partial charge in [-0.25, -0.2) is 0 Å². The Morgan fingerprint density at radius 3 is 2.33 bits per heavy atom. The molecule has 0 aliphatic heterocycles. The Morgan fingerprint density at radius 1 is 1.00 bits per heavy atom. The van der Waals surface area contributed by atoms with Crippen molar-refractivity contribution in [2.75, 3.05) is 0 Å². The summed E-state index contributed by atoms with van der Waals surface area (Å²) in [6.07, 6.45) is 0. The van der Waals surface area contributed by atoms with Crippen LogP contribution in [0.4, 0.5) is 5.69 Å². The summed E-state index contributed by atoms with van der Waals surface area (Å²) in [5, 5.41) is 12.5. The normalized spacial score (nSPS) is 11.2. The Balaban J connectivity index is 2.71. The Labute approximate surface area is 132 Å². The standard InChI is InChI=1S/C13H5Cl3N2O3/c14-5-1-7-11(8(16)2-5)12-9(17-13(7)19)3-6(15)4-10(12)18(20)21/h1-4H,(H,17,19). The Kier molecular flexibility index (Phi) is 3.28. The molecule has 0 saturated carbocycles. The topological polar surface area (TPSA) is 76.0 Å². The summed E-state index contributed by atoms with van der Waals surface area (Å²) in [5.41, 5.74) is -0.433. The number of halogens is 3. The average molecular weight is 344 g/mol. The number of hydrogen-bond donors (Lipinski definition) is 1. The molecule has 8 heteroatoms. The molecule has 0 fully saturated rings. The highest BCUT2D eigenvalue weighted by Crippen LogP contribution is 2.37. The van der Waals surface area contributed by atoms with Crippen LogP contribution in [0.25, 0.3) is 21.7 Å². The smallest absolute Gasteiger partial charge is 0.280 e. The van der Waals surface area contributed by atoms with Crippen LogP contribution >= 0.6 is 34.8 Å². The number of H-pyrrole nitrogens is 1. The molecule has 1 N–H and O–H groups in total. The number of non-ortho nitro benzene ring substituents is 1. The van der Waals surface area contributed by atoms with Crippen LogP contribution in [0.1, 0.15) is 0 Å². The highest BCUT2D eigenvalue weighted by atomic mass is 35.5. The molecule has 21 heavy (non-hydrogen) atoms. The van der Waals surface area contributed by atoms with Crippen LogP contribution in [-0.4, -0.2) is 9.91 Å². The zero-order valence-corrected chi connectivity index (χ0v) is 12.4. The second kappa shape index (κ2) is 4.87. The van der Waals surface area contributed by atoms with Gasteiger partial charge in [-0.3, -0.25) is 14.9 Å². The molecule has 0 aliphatic carbocycles. The Bertz CT molecular complexity index is 982. The summed E-state index contributed by atoms with van der Waals surface area (Å²) in [5.74, 6) is 0. The van der Waals surface area contributed by atoms with Crippen LogP contribution in [0.15, 0.2) is 29.1 Å². The van der Waals surface area contributed by atoms with Crippen molar-refractivity contribution >= 4 is 62.2 Å². The van der Waals surface area contributed by atoms with Gasteiger partial charge in [-0.15, -0.1) is 0 Å². The van der Waals surface area contributed by atoms with Crippen LogP contribution in [0.2, 0.25) is 15.1 Å². The van der Waals surface area contributed by atoms with Crippen molar-refractivity contribution in [1.29, 1.82) is 0 Å². The predicted molar refractivity (Wildman–Crippen MR) is 83.8 cm³/mol. The van der Waals surface area contributed by atoms with Gasteiger partial charge in [0, 0.05) is 21.5 Å². The number of fused-ring (bicyclic) bond motifs is 3. The average Bonchev–Trinajstić information content (AvgIpc) is 2.37. The van der Waals surface area contributed by atoms with Gasteiger partial charge in [0.1, 0.15) is 0 Å². The molecular weight excluding hydrogens is 339 g/mol. The highest BCUT2D eigenvalue weighted by Gasteiger charge is 2.20. The molecule has 2 aromatic carbocycles. The van der Waals surface area contributed by atoms with E-state index < -0.39 is 10.5 Å². The molecule has 0 amide bonds. The third kappa shape index (κ3) is 2.23. The minimum atomic E-state index is -0.573. The molecule has 0 atom stereocenters. The van der Waals surface area contributed by atoms with Crippen molar-refractivity contribution in [1.82, 2.24) is 4.98 Å². The lowest BCUT2D eigenvalue weighted by atomic mass is 10.0. The van der Waals surface area contributed by atoms with Crippen molar-refractivity contribution in [3.8, 4) is 0 Å². The van der Waals surface area contributed by atoms with Crippen molar-refractivity contribution in [3.63, 3.8) is 0 Å². The fourth-order valence-corrected chi connectivity index (χ4v) is 3.09. The predicted octanol–water partition coefficient (Wildman–Crippen LogP) is 4.55. The van der Waals surface area contributed by atoms with E-state index in [0.29, 0.717) is 0 Å². The first-order chi connectivity index (χ1) is 9.88. The van der Waals surface area contributed by atoms with Crippen LogP contribution in [0.3, 0.4) is 0 Å². The quantitative estimate of drug-likeness (QED) is 0.400. The Hall–Kier alpha value is -1.82. The zero-order chi connectivity index (χ0) is 15.3. The van der Waals surface area contributed by atoms with Crippen molar-refractivity contribution in [2.45, 2.75) is 0 Å². The molecule has 3 aromatic rings. The van der Waals surface area contributed by atoms with E-state index in [9.17, 15) is 14.9 Å². The summed E-state index contributed by atoms with van der Waals surface area (Å²) in [7, 11) is 0. The molecule has 1 aromatic heterocycles. The van der Waals surface area contributed by atoms with Gasteiger partial charge in [0.2, 0.25) is 0 Å². The first-order valence-corrected chi connectivity index (χ1v) is 6.80. The molecule has 5 nitrogen and oxygen atoms in total. The lowest BCUT2D eigenvalue weighted by Gasteiger charge is -2.07. The van der Waals surface area contributed by atoms with Crippen molar-refractivity contribution in [3.05, 3.63) is 59.8 Å². The maximum atomic E-state index is 12.1. The van der Waals surface area contributed by atoms with Gasteiger partial charge in [-0.2, -0.15) is 0 Å². The molecule has 0 bridgehead atoms. The van der Waals surface area contributed by atoms with E-state index in [0.717, 1.165) is 0 Å². The number of nitrogens with one attached hydrogen (secondary N) is 1. The number of benzene rings is 2.